The van der Waals surface area contributed by atoms with Crippen LogP contribution in [-0.2, 0) is 0 Å². The number of oxazole rings is 1. The summed E-state index contributed by atoms with van der Waals surface area (Å²) in [6, 6.07) is 9.66. The van der Waals surface area contributed by atoms with Gasteiger partial charge in [-0.15, -0.1) is 0 Å². The Bertz CT molecular complexity index is 425. The molecule has 0 saturated heterocycles. The lowest BCUT2D eigenvalue weighted by atomic mass is 10.2. The Morgan fingerprint density at radius 3 is 2.57 bits per heavy atom. The van der Waals surface area contributed by atoms with Crippen LogP contribution in [0.1, 0.15) is 0 Å². The number of hydrogen-bond acceptors (Lipinski definition) is 3. The zero-order valence-electron chi connectivity index (χ0n) is 7.53. The van der Waals surface area contributed by atoms with Gasteiger partial charge in [-0.1, -0.05) is 18.2 Å². The Hall–Kier alpha value is -1.29. The monoisotopic (exact) mass is 253 g/mol. The van der Waals surface area contributed by atoms with Gasteiger partial charge in [-0.2, -0.15) is 4.98 Å². The van der Waals surface area contributed by atoms with E-state index in [0.717, 1.165) is 5.56 Å². The molecule has 0 spiro atoms. The predicted molar refractivity (Wildman–Crippen MR) is 56.2 cm³/mol. The molecule has 0 aliphatic heterocycles. The summed E-state index contributed by atoms with van der Waals surface area (Å²) in [5, 5.41) is 0. The van der Waals surface area contributed by atoms with Crippen molar-refractivity contribution < 1.29 is 9.15 Å². The molecule has 1 aromatic heterocycles. The fraction of sp³-hybridized carbons (Fsp3) is 0.100. The Balaban J connectivity index is 2.43. The molecule has 1 aromatic carbocycles. The van der Waals surface area contributed by atoms with Crippen molar-refractivity contribution in [2.75, 3.05) is 7.11 Å². The number of benzene rings is 1. The molecule has 0 fully saturated rings. The fourth-order valence-corrected chi connectivity index (χ4v) is 1.52. The summed E-state index contributed by atoms with van der Waals surface area (Å²) in [5.41, 5.74) is 0.927. The summed E-state index contributed by atoms with van der Waals surface area (Å²) in [7, 11) is 1.54. The molecule has 0 radical (unpaired) electrons. The second kappa shape index (κ2) is 3.84. The molecule has 14 heavy (non-hydrogen) atoms. The molecule has 0 bridgehead atoms. The molecule has 1 heterocycles. The number of rotatable bonds is 2. The molecule has 2 aromatic rings. The number of hydrogen-bond donors (Lipinski definition) is 0. The highest BCUT2D eigenvalue weighted by Gasteiger charge is 2.11. The number of ether oxygens (including phenoxy) is 1. The van der Waals surface area contributed by atoms with Gasteiger partial charge in [-0.25, -0.2) is 0 Å². The normalized spacial score (nSPS) is 10.1. The lowest BCUT2D eigenvalue weighted by molar-refractivity contribution is 0.306. The SMILES string of the molecule is COc1oc(-c2ccccc2)nc1Br. The maximum atomic E-state index is 5.37. The Morgan fingerprint density at radius 2 is 2.00 bits per heavy atom. The third-order valence-electron chi connectivity index (χ3n) is 1.76. The van der Waals surface area contributed by atoms with Crippen LogP contribution in [0.5, 0.6) is 5.95 Å². The third-order valence-corrected chi connectivity index (χ3v) is 2.26. The van der Waals surface area contributed by atoms with Crippen molar-refractivity contribution in [3.63, 3.8) is 0 Å². The van der Waals surface area contributed by atoms with E-state index < -0.39 is 0 Å². The predicted octanol–water partition coefficient (Wildman–Crippen LogP) is 3.11. The van der Waals surface area contributed by atoms with Crippen molar-refractivity contribution >= 4 is 15.9 Å². The first-order valence-electron chi connectivity index (χ1n) is 4.07. The zero-order valence-corrected chi connectivity index (χ0v) is 9.11. The molecule has 0 atom stereocenters. The van der Waals surface area contributed by atoms with Crippen molar-refractivity contribution in [2.24, 2.45) is 0 Å². The summed E-state index contributed by atoms with van der Waals surface area (Å²) >= 11 is 3.24. The number of aromatic nitrogens is 1. The Kier molecular flexibility index (Phi) is 2.54. The summed E-state index contributed by atoms with van der Waals surface area (Å²) in [6.07, 6.45) is 0. The molecule has 0 saturated carbocycles. The summed E-state index contributed by atoms with van der Waals surface area (Å²) in [6.45, 7) is 0. The Morgan fingerprint density at radius 1 is 1.29 bits per heavy atom. The quantitative estimate of drug-likeness (QED) is 0.825. The third kappa shape index (κ3) is 1.65. The molecule has 4 heteroatoms. The second-order valence-electron chi connectivity index (χ2n) is 2.67. The van der Waals surface area contributed by atoms with Crippen molar-refractivity contribution in [3.05, 3.63) is 34.9 Å². The van der Waals surface area contributed by atoms with E-state index in [9.17, 15) is 0 Å². The maximum Gasteiger partial charge on any atom is 0.320 e. The maximum absolute atomic E-state index is 5.37. The minimum atomic E-state index is 0.392. The van der Waals surface area contributed by atoms with E-state index in [1.54, 1.807) is 7.11 Å². The molecular weight excluding hydrogens is 246 g/mol. The van der Waals surface area contributed by atoms with E-state index in [-0.39, 0.29) is 0 Å². The van der Waals surface area contributed by atoms with Crippen LogP contribution in [0.4, 0.5) is 0 Å². The molecule has 3 nitrogen and oxygen atoms in total. The van der Waals surface area contributed by atoms with Gasteiger partial charge in [0.25, 0.3) is 0 Å². The summed E-state index contributed by atoms with van der Waals surface area (Å²) in [4.78, 5) is 4.18. The van der Waals surface area contributed by atoms with Crippen molar-refractivity contribution in [3.8, 4) is 17.4 Å². The first kappa shape index (κ1) is 9.27. The zero-order chi connectivity index (χ0) is 9.97. The fourth-order valence-electron chi connectivity index (χ4n) is 1.12. The number of methoxy groups -OCH3 is 1. The van der Waals surface area contributed by atoms with Gasteiger partial charge in [0.15, 0.2) is 4.60 Å². The van der Waals surface area contributed by atoms with Gasteiger partial charge in [0.1, 0.15) is 0 Å². The number of nitrogens with zero attached hydrogens (tertiary/aromatic N) is 1. The first-order chi connectivity index (χ1) is 6.81. The van der Waals surface area contributed by atoms with E-state index in [4.69, 9.17) is 9.15 Å². The minimum absolute atomic E-state index is 0.392. The minimum Gasteiger partial charge on any atom is -0.466 e. The van der Waals surface area contributed by atoms with Crippen LogP contribution in [-0.4, -0.2) is 12.1 Å². The average molecular weight is 254 g/mol. The van der Waals surface area contributed by atoms with Gasteiger partial charge in [-0.05, 0) is 28.1 Å². The van der Waals surface area contributed by atoms with E-state index in [0.29, 0.717) is 16.4 Å². The van der Waals surface area contributed by atoms with Gasteiger partial charge >= 0.3 is 5.95 Å². The van der Waals surface area contributed by atoms with Crippen LogP contribution in [0.3, 0.4) is 0 Å². The molecule has 2 rings (SSSR count). The molecular formula is C10H8BrNO2. The molecule has 72 valence electrons. The van der Waals surface area contributed by atoms with Crippen LogP contribution >= 0.6 is 15.9 Å². The smallest absolute Gasteiger partial charge is 0.320 e. The summed E-state index contributed by atoms with van der Waals surface area (Å²) < 4.78 is 10.9. The van der Waals surface area contributed by atoms with Gasteiger partial charge in [0.2, 0.25) is 5.89 Å². The largest absolute Gasteiger partial charge is 0.466 e. The molecule has 0 amide bonds. The topological polar surface area (TPSA) is 35.3 Å². The van der Waals surface area contributed by atoms with Crippen LogP contribution in [0.25, 0.3) is 11.5 Å². The van der Waals surface area contributed by atoms with Crippen LogP contribution in [0.15, 0.2) is 39.4 Å². The highest BCUT2D eigenvalue weighted by atomic mass is 79.9. The van der Waals surface area contributed by atoms with Gasteiger partial charge in [-0.3, -0.25) is 0 Å². The van der Waals surface area contributed by atoms with Crippen LogP contribution in [0.2, 0.25) is 0 Å². The van der Waals surface area contributed by atoms with E-state index in [1.165, 1.54) is 0 Å². The highest BCUT2D eigenvalue weighted by Crippen LogP contribution is 2.30. The van der Waals surface area contributed by atoms with Gasteiger partial charge in [0.05, 0.1) is 7.11 Å². The average Bonchev–Trinajstić information content (AvgIpc) is 2.61. The molecule has 0 aliphatic carbocycles. The van der Waals surface area contributed by atoms with E-state index in [1.807, 2.05) is 30.3 Å². The molecule has 0 N–H and O–H groups in total. The Labute approximate surface area is 89.8 Å². The standard InChI is InChI=1S/C10H8BrNO2/c1-13-10-8(11)12-9(14-10)7-5-3-2-4-6-7/h2-6H,1H3. The van der Waals surface area contributed by atoms with E-state index in [2.05, 4.69) is 20.9 Å². The van der Waals surface area contributed by atoms with Crippen LogP contribution in [0, 0.1) is 0 Å². The lowest BCUT2D eigenvalue weighted by Crippen LogP contribution is -1.78. The van der Waals surface area contributed by atoms with Crippen molar-refractivity contribution in [2.45, 2.75) is 0 Å². The summed E-state index contributed by atoms with van der Waals surface area (Å²) in [5.74, 6) is 0.943. The number of halogens is 1. The lowest BCUT2D eigenvalue weighted by Gasteiger charge is -1.93. The van der Waals surface area contributed by atoms with Gasteiger partial charge < -0.3 is 9.15 Å². The highest BCUT2D eigenvalue weighted by molar-refractivity contribution is 9.10. The molecule has 0 unspecified atom stereocenters. The second-order valence-corrected chi connectivity index (χ2v) is 3.42. The van der Waals surface area contributed by atoms with Crippen LogP contribution < -0.4 is 4.74 Å². The van der Waals surface area contributed by atoms with Crippen molar-refractivity contribution in [1.29, 1.82) is 0 Å². The first-order valence-corrected chi connectivity index (χ1v) is 4.86. The van der Waals surface area contributed by atoms with E-state index >= 15 is 0 Å². The van der Waals surface area contributed by atoms with Gasteiger partial charge in [0, 0.05) is 5.56 Å². The molecule has 0 aliphatic rings. The van der Waals surface area contributed by atoms with Crippen molar-refractivity contribution in [1.82, 2.24) is 4.98 Å².